The Labute approximate surface area is 102 Å². The van der Waals surface area contributed by atoms with Gasteiger partial charge < -0.3 is 10.1 Å². The molecule has 1 aromatic carbocycles. The Morgan fingerprint density at radius 2 is 2.25 bits per heavy atom. The van der Waals surface area contributed by atoms with Crippen LogP contribution in [0.2, 0.25) is 0 Å². The summed E-state index contributed by atoms with van der Waals surface area (Å²) >= 11 is 2.06. The highest BCUT2D eigenvalue weighted by molar-refractivity contribution is 8.00. The molecule has 0 aromatic heterocycles. The van der Waals surface area contributed by atoms with Gasteiger partial charge >= 0.3 is 0 Å². The fraction of sp³-hybridized carbons (Fsp3) is 0.538. The minimum absolute atomic E-state index is 0.657. The molecule has 88 valence electrons. The van der Waals surface area contributed by atoms with E-state index in [0.29, 0.717) is 6.04 Å². The maximum atomic E-state index is 5.34. The quantitative estimate of drug-likeness (QED) is 0.870. The Balaban J connectivity index is 1.89. The second kappa shape index (κ2) is 5.60. The van der Waals surface area contributed by atoms with E-state index in [1.165, 1.54) is 17.7 Å². The summed E-state index contributed by atoms with van der Waals surface area (Å²) in [5.74, 6) is 2.21. The fourth-order valence-electron chi connectivity index (χ4n) is 2.06. The third kappa shape index (κ3) is 2.92. The van der Waals surface area contributed by atoms with Crippen molar-refractivity contribution in [3.8, 4) is 5.75 Å². The molecule has 1 saturated heterocycles. The smallest absolute Gasteiger partial charge is 0.123 e. The summed E-state index contributed by atoms with van der Waals surface area (Å²) in [6, 6.07) is 8.87. The molecule has 1 aliphatic rings. The molecule has 3 heteroatoms. The molecule has 1 fully saturated rings. The summed E-state index contributed by atoms with van der Waals surface area (Å²) in [7, 11) is 1.73. The molecular formula is C13H19NOS. The first-order valence-electron chi connectivity index (χ1n) is 5.76. The summed E-state index contributed by atoms with van der Waals surface area (Å²) in [6.45, 7) is 3.21. The Morgan fingerprint density at radius 3 is 2.94 bits per heavy atom. The van der Waals surface area contributed by atoms with Crippen LogP contribution in [0.15, 0.2) is 24.3 Å². The first-order valence-corrected chi connectivity index (χ1v) is 6.81. The highest BCUT2D eigenvalue weighted by atomic mass is 32.2. The number of hydrogen-bond donors (Lipinski definition) is 1. The molecule has 1 heterocycles. The topological polar surface area (TPSA) is 21.3 Å². The third-order valence-corrected chi connectivity index (χ3v) is 4.33. The van der Waals surface area contributed by atoms with Gasteiger partial charge in [-0.25, -0.2) is 0 Å². The third-order valence-electron chi connectivity index (χ3n) is 2.97. The van der Waals surface area contributed by atoms with E-state index < -0.39 is 0 Å². The van der Waals surface area contributed by atoms with Crippen LogP contribution in [0.4, 0.5) is 0 Å². The molecule has 0 spiro atoms. The lowest BCUT2D eigenvalue weighted by atomic mass is 10.1. The van der Waals surface area contributed by atoms with E-state index in [0.717, 1.165) is 17.5 Å². The molecule has 1 N–H and O–H groups in total. The molecule has 1 aromatic rings. The average molecular weight is 237 g/mol. The predicted octanol–water partition coefficient (Wildman–Crippen LogP) is 2.68. The molecule has 2 rings (SSSR count). The summed E-state index contributed by atoms with van der Waals surface area (Å²) < 4.78 is 5.34. The van der Waals surface area contributed by atoms with Gasteiger partial charge in [0, 0.05) is 29.2 Å². The second-order valence-corrected chi connectivity index (χ2v) is 5.74. The van der Waals surface area contributed by atoms with Gasteiger partial charge in [0.2, 0.25) is 0 Å². The molecule has 0 bridgehead atoms. The lowest BCUT2D eigenvalue weighted by Crippen LogP contribution is -2.28. The zero-order valence-electron chi connectivity index (χ0n) is 9.90. The van der Waals surface area contributed by atoms with Gasteiger partial charge in [0.15, 0.2) is 0 Å². The van der Waals surface area contributed by atoms with Crippen LogP contribution in [0.1, 0.15) is 18.9 Å². The van der Waals surface area contributed by atoms with E-state index in [-0.39, 0.29) is 0 Å². The number of benzene rings is 1. The van der Waals surface area contributed by atoms with Gasteiger partial charge in [0.1, 0.15) is 5.75 Å². The summed E-state index contributed by atoms with van der Waals surface area (Å²) in [4.78, 5) is 0. The van der Waals surface area contributed by atoms with Gasteiger partial charge in [-0.15, -0.1) is 0 Å². The summed E-state index contributed by atoms with van der Waals surface area (Å²) in [5, 5.41) is 4.40. The van der Waals surface area contributed by atoms with E-state index in [1.54, 1.807) is 7.11 Å². The number of thioether (sulfide) groups is 1. The van der Waals surface area contributed by atoms with Crippen molar-refractivity contribution in [2.24, 2.45) is 0 Å². The molecular weight excluding hydrogens is 218 g/mol. The first kappa shape index (κ1) is 11.8. The normalized spacial score (nSPS) is 24.6. The number of methoxy groups -OCH3 is 1. The van der Waals surface area contributed by atoms with Crippen LogP contribution in [0.25, 0.3) is 0 Å². The molecule has 1 aliphatic heterocycles. The van der Waals surface area contributed by atoms with Crippen LogP contribution in [-0.4, -0.2) is 24.2 Å². The lowest BCUT2D eigenvalue weighted by Gasteiger charge is -2.13. The molecule has 0 saturated carbocycles. The minimum Gasteiger partial charge on any atom is -0.496 e. The van der Waals surface area contributed by atoms with Crippen molar-refractivity contribution in [1.82, 2.24) is 5.32 Å². The highest BCUT2D eigenvalue weighted by Gasteiger charge is 2.21. The highest BCUT2D eigenvalue weighted by Crippen LogP contribution is 2.26. The van der Waals surface area contributed by atoms with E-state index in [2.05, 4.69) is 36.1 Å². The Hall–Kier alpha value is -0.670. The van der Waals surface area contributed by atoms with Crippen LogP contribution in [0.5, 0.6) is 5.75 Å². The Bertz CT molecular complexity index is 342. The van der Waals surface area contributed by atoms with Crippen LogP contribution in [-0.2, 0) is 6.54 Å². The SMILES string of the molecule is COc1ccccc1CN[C@@H]1CS[C@@H](C)C1. The zero-order chi connectivity index (χ0) is 11.4. The van der Waals surface area contributed by atoms with Crippen molar-refractivity contribution in [2.75, 3.05) is 12.9 Å². The molecule has 0 unspecified atom stereocenters. The molecule has 2 atom stereocenters. The molecule has 0 aliphatic carbocycles. The van der Waals surface area contributed by atoms with Crippen molar-refractivity contribution >= 4 is 11.8 Å². The second-order valence-electron chi connectivity index (χ2n) is 4.27. The van der Waals surface area contributed by atoms with E-state index in [9.17, 15) is 0 Å². The first-order chi connectivity index (χ1) is 7.79. The number of para-hydroxylation sites is 1. The maximum Gasteiger partial charge on any atom is 0.123 e. The van der Waals surface area contributed by atoms with Crippen molar-refractivity contribution in [3.63, 3.8) is 0 Å². The van der Waals surface area contributed by atoms with Gasteiger partial charge in [-0.05, 0) is 12.5 Å². The van der Waals surface area contributed by atoms with Gasteiger partial charge in [0.25, 0.3) is 0 Å². The monoisotopic (exact) mass is 237 g/mol. The number of rotatable bonds is 4. The van der Waals surface area contributed by atoms with E-state index >= 15 is 0 Å². The average Bonchev–Trinajstić information content (AvgIpc) is 2.73. The largest absolute Gasteiger partial charge is 0.496 e. The van der Waals surface area contributed by atoms with Crippen molar-refractivity contribution in [1.29, 1.82) is 0 Å². The number of hydrogen-bond acceptors (Lipinski definition) is 3. The van der Waals surface area contributed by atoms with Crippen LogP contribution in [0.3, 0.4) is 0 Å². The van der Waals surface area contributed by atoms with Crippen LogP contribution < -0.4 is 10.1 Å². The maximum absolute atomic E-state index is 5.34. The van der Waals surface area contributed by atoms with Gasteiger partial charge in [-0.1, -0.05) is 25.1 Å². The fourth-order valence-corrected chi connectivity index (χ4v) is 3.25. The Kier molecular flexibility index (Phi) is 4.13. The predicted molar refractivity (Wildman–Crippen MR) is 70.2 cm³/mol. The van der Waals surface area contributed by atoms with Crippen molar-refractivity contribution in [3.05, 3.63) is 29.8 Å². The van der Waals surface area contributed by atoms with Crippen molar-refractivity contribution < 1.29 is 4.74 Å². The standard InChI is InChI=1S/C13H19NOS/c1-10-7-12(9-16-10)14-8-11-5-3-4-6-13(11)15-2/h3-6,10,12,14H,7-9H2,1-2H3/t10-,12-/m0/s1. The zero-order valence-corrected chi connectivity index (χ0v) is 10.7. The molecule has 0 radical (unpaired) electrons. The summed E-state index contributed by atoms with van der Waals surface area (Å²) in [6.07, 6.45) is 1.28. The van der Waals surface area contributed by atoms with Gasteiger partial charge in [0.05, 0.1) is 7.11 Å². The molecule has 16 heavy (non-hydrogen) atoms. The van der Waals surface area contributed by atoms with Crippen molar-refractivity contribution in [2.45, 2.75) is 31.2 Å². The van der Waals surface area contributed by atoms with Crippen LogP contribution >= 0.6 is 11.8 Å². The number of nitrogens with one attached hydrogen (secondary N) is 1. The van der Waals surface area contributed by atoms with Crippen LogP contribution in [0, 0.1) is 0 Å². The lowest BCUT2D eigenvalue weighted by molar-refractivity contribution is 0.405. The van der Waals surface area contributed by atoms with E-state index in [1.807, 2.05) is 12.1 Å². The van der Waals surface area contributed by atoms with Gasteiger partial charge in [-0.3, -0.25) is 0 Å². The minimum atomic E-state index is 0.657. The number of ether oxygens (including phenoxy) is 1. The Morgan fingerprint density at radius 1 is 1.44 bits per heavy atom. The molecule has 2 nitrogen and oxygen atoms in total. The summed E-state index contributed by atoms with van der Waals surface area (Å²) in [5.41, 5.74) is 1.24. The van der Waals surface area contributed by atoms with E-state index in [4.69, 9.17) is 4.74 Å². The molecule has 0 amide bonds. The van der Waals surface area contributed by atoms with Gasteiger partial charge in [-0.2, -0.15) is 11.8 Å².